The number of hydrogen-bond donors (Lipinski definition) is 2. The third kappa shape index (κ3) is 4.58. The number of rotatable bonds is 7. The van der Waals surface area contributed by atoms with Gasteiger partial charge in [0.05, 0.1) is 12.5 Å². The minimum Gasteiger partial charge on any atom is -0.472 e. The van der Waals surface area contributed by atoms with Gasteiger partial charge in [0.25, 0.3) is 0 Å². The summed E-state index contributed by atoms with van der Waals surface area (Å²) < 4.78 is 5.30. The fourth-order valence-electron chi connectivity index (χ4n) is 3.80. The molecule has 21 heavy (non-hydrogen) atoms. The third-order valence-electron chi connectivity index (χ3n) is 5.01. The minimum atomic E-state index is 0.415. The van der Waals surface area contributed by atoms with E-state index in [0.29, 0.717) is 17.5 Å². The molecule has 0 saturated heterocycles. The van der Waals surface area contributed by atoms with E-state index in [2.05, 4.69) is 44.5 Å². The van der Waals surface area contributed by atoms with E-state index < -0.39 is 0 Å². The van der Waals surface area contributed by atoms with Crippen LogP contribution in [0.4, 0.5) is 0 Å². The van der Waals surface area contributed by atoms with Crippen LogP contribution >= 0.6 is 0 Å². The highest BCUT2D eigenvalue weighted by Gasteiger charge is 2.35. The summed E-state index contributed by atoms with van der Waals surface area (Å²) in [5.74, 6) is 0.725. The molecule has 3 nitrogen and oxygen atoms in total. The van der Waals surface area contributed by atoms with E-state index >= 15 is 0 Å². The highest BCUT2D eigenvalue weighted by molar-refractivity contribution is 5.12. The van der Waals surface area contributed by atoms with E-state index in [-0.39, 0.29) is 0 Å². The summed E-state index contributed by atoms with van der Waals surface area (Å²) in [6, 6.07) is 3.17. The van der Waals surface area contributed by atoms with Crippen molar-refractivity contribution in [3.63, 3.8) is 0 Å². The van der Waals surface area contributed by atoms with E-state index in [1.807, 2.05) is 6.26 Å². The van der Waals surface area contributed by atoms with Gasteiger partial charge in [-0.1, -0.05) is 20.8 Å². The molecule has 1 aliphatic carbocycles. The summed E-state index contributed by atoms with van der Waals surface area (Å²) in [7, 11) is 2.11. The van der Waals surface area contributed by atoms with Crippen molar-refractivity contribution in [1.29, 1.82) is 0 Å². The summed E-state index contributed by atoms with van der Waals surface area (Å²) in [5.41, 5.74) is 1.77. The molecule has 0 aromatic carbocycles. The van der Waals surface area contributed by atoms with Crippen molar-refractivity contribution in [1.82, 2.24) is 10.6 Å². The number of nitrogens with one attached hydrogen (secondary N) is 2. The molecule has 0 amide bonds. The Labute approximate surface area is 129 Å². The predicted molar refractivity (Wildman–Crippen MR) is 88.3 cm³/mol. The van der Waals surface area contributed by atoms with Crippen LogP contribution in [0.2, 0.25) is 0 Å². The maximum Gasteiger partial charge on any atom is 0.0950 e. The molecule has 1 heterocycles. The zero-order valence-corrected chi connectivity index (χ0v) is 14.1. The van der Waals surface area contributed by atoms with Gasteiger partial charge >= 0.3 is 0 Å². The Bertz CT molecular complexity index is 399. The zero-order valence-electron chi connectivity index (χ0n) is 14.1. The molecular formula is C18H32N2O. The second-order valence-corrected chi connectivity index (χ2v) is 7.36. The van der Waals surface area contributed by atoms with Gasteiger partial charge in [0.15, 0.2) is 0 Å². The molecule has 120 valence electrons. The smallest absolute Gasteiger partial charge is 0.0950 e. The predicted octanol–water partition coefficient (Wildman–Crippen LogP) is 4.12. The molecule has 3 unspecified atom stereocenters. The lowest BCUT2D eigenvalue weighted by atomic mass is 9.68. The van der Waals surface area contributed by atoms with Crippen LogP contribution in [-0.2, 0) is 0 Å². The third-order valence-corrected chi connectivity index (χ3v) is 5.01. The number of hydrogen-bond acceptors (Lipinski definition) is 3. The van der Waals surface area contributed by atoms with Gasteiger partial charge in [-0.05, 0) is 63.1 Å². The van der Waals surface area contributed by atoms with Crippen LogP contribution in [0.15, 0.2) is 23.0 Å². The molecule has 0 bridgehead atoms. The standard InChI is InChI=1S/C18H32N2O/c1-5-9-20-17(14-7-10-21-13-14)11-15-12-18(2,3)8-6-16(15)19-4/h7,10,13,15-17,19-20H,5-6,8-9,11-12H2,1-4H3. The van der Waals surface area contributed by atoms with E-state index in [0.717, 1.165) is 12.5 Å². The second-order valence-electron chi connectivity index (χ2n) is 7.36. The van der Waals surface area contributed by atoms with Gasteiger partial charge in [-0.15, -0.1) is 0 Å². The largest absolute Gasteiger partial charge is 0.472 e. The Morgan fingerprint density at radius 1 is 1.43 bits per heavy atom. The van der Waals surface area contributed by atoms with Crippen molar-refractivity contribution in [3.05, 3.63) is 24.2 Å². The van der Waals surface area contributed by atoms with E-state index in [4.69, 9.17) is 4.42 Å². The Hall–Kier alpha value is -0.800. The first-order chi connectivity index (χ1) is 10.1. The van der Waals surface area contributed by atoms with Gasteiger partial charge in [-0.25, -0.2) is 0 Å². The molecule has 1 aromatic rings. The minimum absolute atomic E-state index is 0.415. The van der Waals surface area contributed by atoms with E-state index in [1.54, 1.807) is 6.26 Å². The lowest BCUT2D eigenvalue weighted by Gasteiger charge is -2.42. The average molecular weight is 292 g/mol. The van der Waals surface area contributed by atoms with Crippen LogP contribution in [-0.4, -0.2) is 19.6 Å². The van der Waals surface area contributed by atoms with Gasteiger partial charge < -0.3 is 15.1 Å². The topological polar surface area (TPSA) is 37.2 Å². The molecule has 3 heteroatoms. The fraction of sp³-hybridized carbons (Fsp3) is 0.778. The molecule has 1 fully saturated rings. The van der Waals surface area contributed by atoms with E-state index in [1.165, 1.54) is 37.7 Å². The Balaban J connectivity index is 2.06. The molecule has 1 aromatic heterocycles. The fourth-order valence-corrected chi connectivity index (χ4v) is 3.80. The van der Waals surface area contributed by atoms with Gasteiger partial charge in [-0.3, -0.25) is 0 Å². The van der Waals surface area contributed by atoms with Crippen molar-refractivity contribution in [2.24, 2.45) is 11.3 Å². The molecular weight excluding hydrogens is 260 g/mol. The molecule has 3 atom stereocenters. The normalized spacial score (nSPS) is 26.7. The highest BCUT2D eigenvalue weighted by atomic mass is 16.3. The van der Waals surface area contributed by atoms with Crippen LogP contribution in [0.5, 0.6) is 0 Å². The van der Waals surface area contributed by atoms with Crippen LogP contribution in [0.1, 0.15) is 64.5 Å². The average Bonchev–Trinajstić information content (AvgIpc) is 2.97. The second kappa shape index (κ2) is 7.46. The van der Waals surface area contributed by atoms with Crippen molar-refractivity contribution >= 4 is 0 Å². The lowest BCUT2D eigenvalue weighted by molar-refractivity contribution is 0.127. The molecule has 0 aliphatic heterocycles. The van der Waals surface area contributed by atoms with Crippen LogP contribution in [0.3, 0.4) is 0 Å². The first-order valence-electron chi connectivity index (χ1n) is 8.48. The molecule has 2 rings (SSSR count). The summed E-state index contributed by atoms with van der Waals surface area (Å²) in [6.07, 6.45) is 9.97. The first-order valence-corrected chi connectivity index (χ1v) is 8.48. The SMILES string of the molecule is CCCNC(CC1CC(C)(C)CCC1NC)c1ccoc1. The highest BCUT2D eigenvalue weighted by Crippen LogP contribution is 2.42. The molecule has 1 saturated carbocycles. The molecule has 1 aliphatic rings. The van der Waals surface area contributed by atoms with Crippen molar-refractivity contribution in [2.45, 2.75) is 65.0 Å². The van der Waals surface area contributed by atoms with Crippen molar-refractivity contribution in [2.75, 3.05) is 13.6 Å². The van der Waals surface area contributed by atoms with Gasteiger partial charge in [0.1, 0.15) is 0 Å². The van der Waals surface area contributed by atoms with Gasteiger partial charge in [0, 0.05) is 17.6 Å². The summed E-state index contributed by atoms with van der Waals surface area (Å²) in [4.78, 5) is 0. The van der Waals surface area contributed by atoms with E-state index in [9.17, 15) is 0 Å². The first kappa shape index (κ1) is 16.6. The monoisotopic (exact) mass is 292 g/mol. The molecule has 2 N–H and O–H groups in total. The number of furan rings is 1. The Morgan fingerprint density at radius 3 is 2.86 bits per heavy atom. The maximum atomic E-state index is 5.30. The lowest BCUT2D eigenvalue weighted by Crippen LogP contribution is -2.42. The van der Waals surface area contributed by atoms with Crippen molar-refractivity contribution in [3.8, 4) is 0 Å². The van der Waals surface area contributed by atoms with Crippen LogP contribution in [0.25, 0.3) is 0 Å². The maximum absolute atomic E-state index is 5.30. The Morgan fingerprint density at radius 2 is 2.24 bits per heavy atom. The molecule has 0 radical (unpaired) electrons. The Kier molecular flexibility index (Phi) is 5.88. The van der Waals surface area contributed by atoms with Crippen LogP contribution < -0.4 is 10.6 Å². The van der Waals surface area contributed by atoms with Gasteiger partial charge in [-0.2, -0.15) is 0 Å². The summed E-state index contributed by atoms with van der Waals surface area (Å²) in [5, 5.41) is 7.25. The summed E-state index contributed by atoms with van der Waals surface area (Å²) in [6.45, 7) is 8.12. The summed E-state index contributed by atoms with van der Waals surface area (Å²) >= 11 is 0. The van der Waals surface area contributed by atoms with Crippen LogP contribution in [0, 0.1) is 11.3 Å². The van der Waals surface area contributed by atoms with Gasteiger partial charge in [0.2, 0.25) is 0 Å². The quantitative estimate of drug-likeness (QED) is 0.793. The zero-order chi connectivity index (χ0) is 15.3. The molecule has 0 spiro atoms. The van der Waals surface area contributed by atoms with Crippen molar-refractivity contribution < 1.29 is 4.42 Å².